The Labute approximate surface area is 129 Å². The molecule has 2 rings (SSSR count). The molecule has 0 aliphatic carbocycles. The maximum Gasteiger partial charge on any atom is 0.256 e. The van der Waals surface area contributed by atoms with E-state index in [-0.39, 0.29) is 11.8 Å². The van der Waals surface area contributed by atoms with Gasteiger partial charge in [0.25, 0.3) is 5.91 Å². The minimum atomic E-state index is -0.232. The molecule has 0 bridgehead atoms. The van der Waals surface area contributed by atoms with Crippen LogP contribution >= 0.6 is 0 Å². The molecule has 0 spiro atoms. The number of rotatable bonds is 5. The molecule has 0 saturated carbocycles. The van der Waals surface area contributed by atoms with Crippen LogP contribution in [0.1, 0.15) is 35.8 Å². The van der Waals surface area contributed by atoms with Gasteiger partial charge in [0.05, 0.1) is 0 Å². The average Bonchev–Trinajstić information content (AvgIpc) is 2.48. The van der Waals surface area contributed by atoms with E-state index in [9.17, 15) is 9.59 Å². The van der Waals surface area contributed by atoms with Gasteiger partial charge in [-0.25, -0.2) is 4.98 Å². The van der Waals surface area contributed by atoms with Crippen molar-refractivity contribution in [2.75, 3.05) is 10.6 Å². The lowest BCUT2D eigenvalue weighted by Crippen LogP contribution is -2.14. The highest BCUT2D eigenvalue weighted by molar-refractivity contribution is 6.04. The van der Waals surface area contributed by atoms with Crippen molar-refractivity contribution >= 4 is 23.3 Å². The Morgan fingerprint density at radius 2 is 1.77 bits per heavy atom. The molecular formula is C17H19N3O2. The average molecular weight is 297 g/mol. The van der Waals surface area contributed by atoms with Crippen LogP contribution < -0.4 is 10.6 Å². The number of anilines is 2. The van der Waals surface area contributed by atoms with Crippen molar-refractivity contribution in [3.63, 3.8) is 0 Å². The summed E-state index contributed by atoms with van der Waals surface area (Å²) in [6.07, 6.45) is 1.29. The molecule has 0 atom stereocenters. The first-order valence-electron chi connectivity index (χ1n) is 7.23. The Bertz CT molecular complexity index is 666. The summed E-state index contributed by atoms with van der Waals surface area (Å²) >= 11 is 0. The number of amides is 2. The predicted octanol–water partition coefficient (Wildman–Crippen LogP) is 3.38. The van der Waals surface area contributed by atoms with Crippen LogP contribution in [0.25, 0.3) is 0 Å². The highest BCUT2D eigenvalue weighted by atomic mass is 16.2. The van der Waals surface area contributed by atoms with E-state index in [1.54, 1.807) is 30.3 Å². The van der Waals surface area contributed by atoms with Gasteiger partial charge < -0.3 is 10.6 Å². The third kappa shape index (κ3) is 4.41. The molecule has 22 heavy (non-hydrogen) atoms. The number of nitrogens with zero attached hydrogens (tertiary/aromatic N) is 1. The van der Waals surface area contributed by atoms with Crippen LogP contribution in [0.2, 0.25) is 0 Å². The molecule has 0 fully saturated rings. The number of benzene rings is 1. The van der Waals surface area contributed by atoms with E-state index in [1.165, 1.54) is 0 Å². The number of carbonyl (C=O) groups is 2. The molecule has 5 heteroatoms. The van der Waals surface area contributed by atoms with Gasteiger partial charge >= 0.3 is 0 Å². The van der Waals surface area contributed by atoms with Crippen molar-refractivity contribution in [2.45, 2.75) is 26.7 Å². The molecule has 0 unspecified atom stereocenters. The van der Waals surface area contributed by atoms with E-state index in [0.717, 1.165) is 12.1 Å². The highest BCUT2D eigenvalue weighted by Gasteiger charge is 2.07. The molecule has 0 aliphatic heterocycles. The second-order valence-corrected chi connectivity index (χ2v) is 4.99. The molecule has 0 aliphatic rings. The lowest BCUT2D eigenvalue weighted by atomic mass is 10.2. The van der Waals surface area contributed by atoms with Gasteiger partial charge in [-0.1, -0.05) is 13.0 Å². The number of nitrogens with one attached hydrogen (secondary N) is 2. The molecule has 2 aromatic rings. The van der Waals surface area contributed by atoms with Crippen LogP contribution in [0.15, 0.2) is 42.5 Å². The molecule has 0 radical (unpaired) electrons. The van der Waals surface area contributed by atoms with Crippen molar-refractivity contribution in [2.24, 2.45) is 0 Å². The zero-order chi connectivity index (χ0) is 15.9. The number of pyridine rings is 1. The molecule has 114 valence electrons. The number of aromatic nitrogens is 1. The minimum absolute atomic E-state index is 0.0244. The summed E-state index contributed by atoms with van der Waals surface area (Å²) in [6.45, 7) is 3.82. The Balaban J connectivity index is 2.00. The third-order valence-corrected chi connectivity index (χ3v) is 3.04. The zero-order valence-corrected chi connectivity index (χ0v) is 12.7. The third-order valence-electron chi connectivity index (χ3n) is 3.04. The number of aryl methyl sites for hydroxylation is 1. The van der Waals surface area contributed by atoms with Gasteiger partial charge in [-0.3, -0.25) is 9.59 Å². The quantitative estimate of drug-likeness (QED) is 0.888. The van der Waals surface area contributed by atoms with Gasteiger partial charge in [-0.15, -0.1) is 0 Å². The standard InChI is InChI=1S/C17H19N3O2/c1-3-5-16(21)19-14-10-8-13(9-11-14)17(22)20-15-7-4-6-12(2)18-15/h4,6-11H,3,5H2,1-2H3,(H,19,21)(H,18,20,22). The van der Waals surface area contributed by atoms with Crippen LogP contribution in [0.3, 0.4) is 0 Å². The summed E-state index contributed by atoms with van der Waals surface area (Å²) < 4.78 is 0. The van der Waals surface area contributed by atoms with Gasteiger partial charge in [-0.2, -0.15) is 0 Å². The topological polar surface area (TPSA) is 71.1 Å². The molecule has 5 nitrogen and oxygen atoms in total. The van der Waals surface area contributed by atoms with Gasteiger partial charge in [0.15, 0.2) is 0 Å². The summed E-state index contributed by atoms with van der Waals surface area (Å²) in [7, 11) is 0. The van der Waals surface area contributed by atoms with Gasteiger partial charge in [0.1, 0.15) is 5.82 Å². The minimum Gasteiger partial charge on any atom is -0.326 e. The molecule has 1 heterocycles. The Kier molecular flexibility index (Phi) is 5.25. The van der Waals surface area contributed by atoms with Crippen molar-refractivity contribution in [1.82, 2.24) is 4.98 Å². The van der Waals surface area contributed by atoms with E-state index in [2.05, 4.69) is 15.6 Å². The van der Waals surface area contributed by atoms with E-state index in [4.69, 9.17) is 0 Å². The van der Waals surface area contributed by atoms with Crippen LogP contribution in [-0.2, 0) is 4.79 Å². The Hall–Kier alpha value is -2.69. The first kappa shape index (κ1) is 15.7. The van der Waals surface area contributed by atoms with E-state index in [1.807, 2.05) is 26.0 Å². The van der Waals surface area contributed by atoms with Crippen LogP contribution in [0, 0.1) is 6.92 Å². The maximum atomic E-state index is 12.1. The van der Waals surface area contributed by atoms with Crippen LogP contribution in [0.5, 0.6) is 0 Å². The van der Waals surface area contributed by atoms with Crippen molar-refractivity contribution in [1.29, 1.82) is 0 Å². The fourth-order valence-corrected chi connectivity index (χ4v) is 1.96. The summed E-state index contributed by atoms with van der Waals surface area (Å²) in [4.78, 5) is 27.9. The van der Waals surface area contributed by atoms with Crippen molar-refractivity contribution in [3.8, 4) is 0 Å². The van der Waals surface area contributed by atoms with E-state index >= 15 is 0 Å². The first-order chi connectivity index (χ1) is 10.6. The fraction of sp³-hybridized carbons (Fsp3) is 0.235. The second-order valence-electron chi connectivity index (χ2n) is 4.99. The molecule has 2 amide bonds. The first-order valence-corrected chi connectivity index (χ1v) is 7.23. The van der Waals surface area contributed by atoms with Crippen LogP contribution in [0.4, 0.5) is 11.5 Å². The smallest absolute Gasteiger partial charge is 0.256 e. The predicted molar refractivity (Wildman–Crippen MR) is 86.9 cm³/mol. The largest absolute Gasteiger partial charge is 0.326 e. The van der Waals surface area contributed by atoms with Gasteiger partial charge in [0.2, 0.25) is 5.91 Å². The zero-order valence-electron chi connectivity index (χ0n) is 12.7. The molecule has 1 aromatic heterocycles. The summed E-state index contributed by atoms with van der Waals surface area (Å²) in [6, 6.07) is 12.2. The lowest BCUT2D eigenvalue weighted by molar-refractivity contribution is -0.116. The van der Waals surface area contributed by atoms with Gasteiger partial charge in [-0.05, 0) is 49.7 Å². The normalized spacial score (nSPS) is 10.1. The Morgan fingerprint density at radius 1 is 1.05 bits per heavy atom. The summed E-state index contributed by atoms with van der Waals surface area (Å²) in [5.74, 6) is 0.263. The summed E-state index contributed by atoms with van der Waals surface area (Å²) in [5.41, 5.74) is 2.03. The number of carbonyl (C=O) groups excluding carboxylic acids is 2. The molecular weight excluding hydrogens is 278 g/mol. The second kappa shape index (κ2) is 7.36. The fourth-order valence-electron chi connectivity index (χ4n) is 1.96. The lowest BCUT2D eigenvalue weighted by Gasteiger charge is -2.07. The molecule has 2 N–H and O–H groups in total. The van der Waals surface area contributed by atoms with Crippen LogP contribution in [-0.4, -0.2) is 16.8 Å². The Morgan fingerprint density at radius 3 is 2.41 bits per heavy atom. The molecule has 0 saturated heterocycles. The van der Waals surface area contributed by atoms with E-state index < -0.39 is 0 Å². The number of hydrogen-bond acceptors (Lipinski definition) is 3. The number of hydrogen-bond donors (Lipinski definition) is 2. The van der Waals surface area contributed by atoms with Gasteiger partial charge in [0, 0.05) is 23.4 Å². The monoisotopic (exact) mass is 297 g/mol. The summed E-state index contributed by atoms with van der Waals surface area (Å²) in [5, 5.41) is 5.53. The highest BCUT2D eigenvalue weighted by Crippen LogP contribution is 2.12. The molecule has 1 aromatic carbocycles. The van der Waals surface area contributed by atoms with Crippen molar-refractivity contribution in [3.05, 3.63) is 53.7 Å². The SMILES string of the molecule is CCCC(=O)Nc1ccc(C(=O)Nc2cccc(C)n2)cc1. The van der Waals surface area contributed by atoms with E-state index in [0.29, 0.717) is 23.5 Å². The maximum absolute atomic E-state index is 12.1. The van der Waals surface area contributed by atoms with Crippen molar-refractivity contribution < 1.29 is 9.59 Å².